The van der Waals surface area contributed by atoms with Crippen molar-refractivity contribution in [1.82, 2.24) is 20.3 Å². The Balaban J connectivity index is 1.36. The van der Waals surface area contributed by atoms with E-state index in [1.165, 1.54) is 6.33 Å². The lowest BCUT2D eigenvalue weighted by atomic mass is 10.2. The summed E-state index contributed by atoms with van der Waals surface area (Å²) in [7, 11) is 5.51. The molecular formula is C24H24N6O3. The smallest absolute Gasteiger partial charge is 0.319 e. The number of carbonyl (C=O) groups is 1. The highest BCUT2D eigenvalue weighted by Gasteiger charge is 2.09. The maximum absolute atomic E-state index is 12.2. The first-order chi connectivity index (χ1) is 16.0. The van der Waals surface area contributed by atoms with Crippen molar-refractivity contribution in [3.8, 4) is 17.5 Å². The summed E-state index contributed by atoms with van der Waals surface area (Å²) in [5, 5.41) is 6.40. The van der Waals surface area contributed by atoms with Crippen LogP contribution in [0.4, 0.5) is 16.2 Å². The van der Waals surface area contributed by atoms with Gasteiger partial charge in [0, 0.05) is 44.3 Å². The van der Waals surface area contributed by atoms with Gasteiger partial charge in [0.15, 0.2) is 0 Å². The fourth-order valence-corrected chi connectivity index (χ4v) is 3.09. The van der Waals surface area contributed by atoms with Crippen LogP contribution in [0, 0.1) is 0 Å². The molecule has 0 bridgehead atoms. The van der Waals surface area contributed by atoms with Crippen LogP contribution in [-0.4, -0.2) is 42.2 Å². The number of ether oxygens (including phenoxy) is 2. The molecule has 9 heteroatoms. The van der Waals surface area contributed by atoms with Crippen molar-refractivity contribution in [2.45, 2.75) is 6.54 Å². The van der Waals surface area contributed by atoms with Gasteiger partial charge in [-0.1, -0.05) is 6.07 Å². The van der Waals surface area contributed by atoms with Crippen molar-refractivity contribution in [3.63, 3.8) is 0 Å². The second-order valence-electron chi connectivity index (χ2n) is 7.42. The van der Waals surface area contributed by atoms with Crippen molar-refractivity contribution in [3.05, 3.63) is 72.7 Å². The molecule has 0 aliphatic heterocycles. The third kappa shape index (κ3) is 5.45. The number of urea groups is 1. The zero-order chi connectivity index (χ0) is 23.2. The standard InChI is InChI=1S/C24H24N6O3/c1-30(2)18-7-10-20-21(12-18)27-15-28-23(20)33-19-8-5-17(6-9-19)29-24(31)26-14-16-4-11-22(32-3)25-13-16/h4-13,15H,14H2,1-3H3,(H2,26,29,31). The number of methoxy groups -OCH3 is 1. The van der Waals surface area contributed by atoms with Crippen LogP contribution in [-0.2, 0) is 6.54 Å². The molecule has 0 aliphatic carbocycles. The third-order valence-corrected chi connectivity index (χ3v) is 4.89. The van der Waals surface area contributed by atoms with Gasteiger partial charge in [0.2, 0.25) is 11.8 Å². The van der Waals surface area contributed by atoms with E-state index in [9.17, 15) is 4.79 Å². The van der Waals surface area contributed by atoms with Crippen LogP contribution in [0.3, 0.4) is 0 Å². The van der Waals surface area contributed by atoms with Gasteiger partial charge in [-0.05, 0) is 48.0 Å². The predicted octanol–water partition coefficient (Wildman–Crippen LogP) is 4.21. The predicted molar refractivity (Wildman–Crippen MR) is 127 cm³/mol. The number of benzene rings is 2. The van der Waals surface area contributed by atoms with E-state index in [-0.39, 0.29) is 6.03 Å². The summed E-state index contributed by atoms with van der Waals surface area (Å²) >= 11 is 0. The van der Waals surface area contributed by atoms with Crippen LogP contribution in [0.1, 0.15) is 5.56 Å². The van der Waals surface area contributed by atoms with Gasteiger partial charge in [0.25, 0.3) is 0 Å². The van der Waals surface area contributed by atoms with Gasteiger partial charge in [-0.15, -0.1) is 0 Å². The second-order valence-corrected chi connectivity index (χ2v) is 7.42. The van der Waals surface area contributed by atoms with Crippen LogP contribution in [0.5, 0.6) is 17.5 Å². The van der Waals surface area contributed by atoms with E-state index >= 15 is 0 Å². The van der Waals surface area contributed by atoms with Crippen molar-refractivity contribution < 1.29 is 14.3 Å². The number of aromatic nitrogens is 3. The maximum atomic E-state index is 12.2. The lowest BCUT2D eigenvalue weighted by molar-refractivity contribution is 0.251. The lowest BCUT2D eigenvalue weighted by Gasteiger charge is -2.13. The van der Waals surface area contributed by atoms with Crippen LogP contribution in [0.2, 0.25) is 0 Å². The van der Waals surface area contributed by atoms with Crippen LogP contribution in [0.15, 0.2) is 67.1 Å². The Labute approximate surface area is 191 Å². The highest BCUT2D eigenvalue weighted by molar-refractivity contribution is 5.89. The van der Waals surface area contributed by atoms with E-state index in [0.29, 0.717) is 29.7 Å². The van der Waals surface area contributed by atoms with Gasteiger partial charge < -0.3 is 25.0 Å². The van der Waals surface area contributed by atoms with Crippen molar-refractivity contribution in [1.29, 1.82) is 0 Å². The summed E-state index contributed by atoms with van der Waals surface area (Å²) in [6.45, 7) is 0.348. The topological polar surface area (TPSA) is 102 Å². The lowest BCUT2D eigenvalue weighted by Crippen LogP contribution is -2.28. The van der Waals surface area contributed by atoms with Crippen molar-refractivity contribution in [2.24, 2.45) is 0 Å². The number of nitrogens with zero attached hydrogens (tertiary/aromatic N) is 4. The molecule has 2 aromatic carbocycles. The summed E-state index contributed by atoms with van der Waals surface area (Å²) in [4.78, 5) is 26.9. The van der Waals surface area contributed by atoms with Crippen LogP contribution >= 0.6 is 0 Å². The Morgan fingerprint density at radius 3 is 2.52 bits per heavy atom. The first-order valence-corrected chi connectivity index (χ1v) is 10.3. The zero-order valence-electron chi connectivity index (χ0n) is 18.6. The quantitative estimate of drug-likeness (QED) is 0.440. The van der Waals surface area contributed by atoms with Crippen molar-refractivity contribution >= 4 is 28.3 Å². The van der Waals surface area contributed by atoms with E-state index in [4.69, 9.17) is 9.47 Å². The largest absolute Gasteiger partial charge is 0.481 e. The highest BCUT2D eigenvalue weighted by atomic mass is 16.5. The number of anilines is 2. The highest BCUT2D eigenvalue weighted by Crippen LogP contribution is 2.29. The zero-order valence-corrected chi connectivity index (χ0v) is 18.6. The fourth-order valence-electron chi connectivity index (χ4n) is 3.09. The van der Waals surface area contributed by atoms with Crippen molar-refractivity contribution in [2.75, 3.05) is 31.4 Å². The average Bonchev–Trinajstić information content (AvgIpc) is 2.84. The Morgan fingerprint density at radius 2 is 1.82 bits per heavy atom. The first kappa shape index (κ1) is 21.8. The minimum Gasteiger partial charge on any atom is -0.481 e. The van der Waals surface area contributed by atoms with Gasteiger partial charge in [-0.25, -0.2) is 19.7 Å². The number of hydrogen-bond acceptors (Lipinski definition) is 7. The molecule has 2 aromatic heterocycles. The third-order valence-electron chi connectivity index (χ3n) is 4.89. The molecule has 0 atom stereocenters. The van der Waals surface area contributed by atoms with E-state index in [1.807, 2.05) is 43.3 Å². The first-order valence-electron chi connectivity index (χ1n) is 10.3. The molecule has 2 amide bonds. The molecule has 0 spiro atoms. The maximum Gasteiger partial charge on any atom is 0.319 e. The Kier molecular flexibility index (Phi) is 6.49. The van der Waals surface area contributed by atoms with E-state index in [1.54, 1.807) is 43.6 Å². The number of pyridine rings is 1. The Bertz CT molecular complexity index is 1240. The molecule has 0 fully saturated rings. The molecule has 2 heterocycles. The normalized spacial score (nSPS) is 10.5. The molecular weight excluding hydrogens is 420 g/mol. The molecule has 9 nitrogen and oxygen atoms in total. The molecule has 0 unspecified atom stereocenters. The van der Waals surface area contributed by atoms with E-state index < -0.39 is 0 Å². The number of fused-ring (bicyclic) bond motifs is 1. The molecule has 0 saturated carbocycles. The minimum absolute atomic E-state index is 0.321. The molecule has 2 N–H and O–H groups in total. The molecule has 0 radical (unpaired) electrons. The summed E-state index contributed by atoms with van der Waals surface area (Å²) in [6.07, 6.45) is 3.14. The van der Waals surface area contributed by atoms with Gasteiger partial charge >= 0.3 is 6.03 Å². The summed E-state index contributed by atoms with van der Waals surface area (Å²) in [5.41, 5.74) is 3.35. The van der Waals surface area contributed by atoms with Gasteiger partial charge in [-0.3, -0.25) is 0 Å². The fraction of sp³-hybridized carbons (Fsp3) is 0.167. The molecule has 0 aliphatic rings. The number of nitrogens with one attached hydrogen (secondary N) is 2. The van der Waals surface area contributed by atoms with Gasteiger partial charge in [0.05, 0.1) is 18.0 Å². The average molecular weight is 444 g/mol. The van der Waals surface area contributed by atoms with E-state index in [0.717, 1.165) is 22.2 Å². The van der Waals surface area contributed by atoms with Gasteiger partial charge in [-0.2, -0.15) is 0 Å². The molecule has 4 aromatic rings. The molecule has 168 valence electrons. The second kappa shape index (κ2) is 9.82. The number of rotatable bonds is 7. The van der Waals surface area contributed by atoms with E-state index in [2.05, 4.69) is 25.6 Å². The van der Waals surface area contributed by atoms with Crippen LogP contribution in [0.25, 0.3) is 10.9 Å². The summed E-state index contributed by atoms with van der Waals surface area (Å²) in [6, 6.07) is 16.2. The molecule has 0 saturated heterocycles. The molecule has 4 rings (SSSR count). The monoisotopic (exact) mass is 444 g/mol. The Hall–Kier alpha value is -4.40. The Morgan fingerprint density at radius 1 is 1.00 bits per heavy atom. The van der Waals surface area contributed by atoms with Gasteiger partial charge in [0.1, 0.15) is 12.1 Å². The number of hydrogen-bond donors (Lipinski definition) is 2. The molecule has 33 heavy (non-hydrogen) atoms. The number of carbonyl (C=O) groups excluding carboxylic acids is 1. The summed E-state index contributed by atoms with van der Waals surface area (Å²) in [5.74, 6) is 1.59. The minimum atomic E-state index is -0.321. The summed E-state index contributed by atoms with van der Waals surface area (Å²) < 4.78 is 11.0. The number of amides is 2. The SMILES string of the molecule is COc1ccc(CNC(=O)Nc2ccc(Oc3ncnc4cc(N(C)C)ccc34)cc2)cn1. The van der Waals surface area contributed by atoms with Crippen LogP contribution < -0.4 is 25.0 Å².